The monoisotopic (exact) mass is 233 g/mol. The molecule has 18 heavy (non-hydrogen) atoms. The Labute approximate surface area is 105 Å². The third-order valence-corrected chi connectivity index (χ3v) is 2.77. The first-order chi connectivity index (χ1) is 8.95. The highest BCUT2D eigenvalue weighted by Gasteiger charge is 2.08. The summed E-state index contributed by atoms with van der Waals surface area (Å²) in [6.07, 6.45) is 1.75. The second kappa shape index (κ2) is 4.75. The lowest BCUT2D eigenvalue weighted by Crippen LogP contribution is -1.94. The van der Waals surface area contributed by atoms with E-state index in [0.717, 1.165) is 22.4 Å². The zero-order valence-corrected chi connectivity index (χ0v) is 9.69. The van der Waals surface area contributed by atoms with Gasteiger partial charge < -0.3 is 0 Å². The summed E-state index contributed by atoms with van der Waals surface area (Å²) < 4.78 is 0. The second-order valence-corrected chi connectivity index (χ2v) is 3.93. The van der Waals surface area contributed by atoms with Gasteiger partial charge in [0, 0.05) is 11.1 Å². The molecule has 3 nitrogen and oxygen atoms in total. The van der Waals surface area contributed by atoms with Gasteiger partial charge in [0.2, 0.25) is 0 Å². The number of benzene rings is 2. The first-order valence-electron chi connectivity index (χ1n) is 5.74. The van der Waals surface area contributed by atoms with Gasteiger partial charge in [0.1, 0.15) is 5.69 Å². The average molecular weight is 233 g/mol. The molecule has 86 valence electrons. The van der Waals surface area contributed by atoms with Crippen molar-refractivity contribution in [1.82, 2.24) is 15.4 Å². The molecule has 0 unspecified atom stereocenters. The molecule has 0 N–H and O–H groups in total. The highest BCUT2D eigenvalue weighted by molar-refractivity contribution is 5.79. The molecule has 1 heterocycles. The number of hydrogen-bond acceptors (Lipinski definition) is 3. The zero-order valence-electron chi connectivity index (χ0n) is 9.69. The molecule has 3 aromatic rings. The second-order valence-electron chi connectivity index (χ2n) is 3.93. The molecule has 0 fully saturated rings. The first kappa shape index (κ1) is 10.6. The van der Waals surface area contributed by atoms with Gasteiger partial charge in [-0.3, -0.25) is 0 Å². The maximum atomic E-state index is 4.16. The van der Waals surface area contributed by atoms with Gasteiger partial charge in [0.25, 0.3) is 0 Å². The fourth-order valence-electron chi connectivity index (χ4n) is 1.91. The van der Waals surface area contributed by atoms with Gasteiger partial charge >= 0.3 is 0 Å². The molecule has 0 bridgehead atoms. The van der Waals surface area contributed by atoms with Crippen molar-refractivity contribution in [3.05, 3.63) is 66.9 Å². The Bertz CT molecular complexity index is 578. The first-order valence-corrected chi connectivity index (χ1v) is 5.74. The van der Waals surface area contributed by atoms with Crippen LogP contribution in [0, 0.1) is 0 Å². The van der Waals surface area contributed by atoms with Crippen molar-refractivity contribution in [3.63, 3.8) is 0 Å². The zero-order chi connectivity index (χ0) is 12.2. The Morgan fingerprint density at radius 1 is 0.667 bits per heavy atom. The summed E-state index contributed by atoms with van der Waals surface area (Å²) in [5, 5.41) is 11.8. The minimum atomic E-state index is 0.858. The van der Waals surface area contributed by atoms with Crippen molar-refractivity contribution in [2.75, 3.05) is 0 Å². The fraction of sp³-hybridized carbons (Fsp3) is 0. The van der Waals surface area contributed by atoms with Crippen LogP contribution in [0.1, 0.15) is 0 Å². The Kier molecular flexibility index (Phi) is 2.80. The molecule has 0 aliphatic rings. The summed E-state index contributed by atoms with van der Waals surface area (Å²) in [6.45, 7) is 0. The molecular formula is C15H11N3. The van der Waals surface area contributed by atoms with E-state index in [1.54, 1.807) is 6.20 Å². The molecule has 0 aliphatic heterocycles. The van der Waals surface area contributed by atoms with Gasteiger partial charge in [0.05, 0.1) is 6.20 Å². The molecule has 0 radical (unpaired) electrons. The Hall–Kier alpha value is -2.55. The molecule has 3 heteroatoms. The van der Waals surface area contributed by atoms with Crippen molar-refractivity contribution in [2.45, 2.75) is 0 Å². The minimum Gasteiger partial charge on any atom is -0.138 e. The molecule has 0 atom stereocenters. The lowest BCUT2D eigenvalue weighted by atomic mass is 10.0. The summed E-state index contributed by atoms with van der Waals surface area (Å²) in [5.74, 6) is 0. The molecule has 0 amide bonds. The van der Waals surface area contributed by atoms with Gasteiger partial charge in [0.15, 0.2) is 0 Å². The number of rotatable bonds is 2. The molecule has 2 aromatic carbocycles. The lowest BCUT2D eigenvalue weighted by Gasteiger charge is -2.06. The van der Waals surface area contributed by atoms with E-state index in [1.807, 2.05) is 60.7 Å². The van der Waals surface area contributed by atoms with Gasteiger partial charge in [-0.2, -0.15) is 0 Å². The van der Waals surface area contributed by atoms with Gasteiger partial charge in [-0.15, -0.1) is 10.2 Å². The summed E-state index contributed by atoms with van der Waals surface area (Å²) in [5.41, 5.74) is 4.00. The average Bonchev–Trinajstić information content (AvgIpc) is 2.49. The predicted octanol–water partition coefficient (Wildman–Crippen LogP) is 3.21. The molecular weight excluding hydrogens is 222 g/mol. The van der Waals surface area contributed by atoms with E-state index >= 15 is 0 Å². The summed E-state index contributed by atoms with van der Waals surface area (Å²) in [7, 11) is 0. The van der Waals surface area contributed by atoms with E-state index in [0.29, 0.717) is 0 Å². The van der Waals surface area contributed by atoms with Gasteiger partial charge in [-0.05, 0) is 10.8 Å². The quantitative estimate of drug-likeness (QED) is 0.682. The highest BCUT2D eigenvalue weighted by atomic mass is 15.3. The van der Waals surface area contributed by atoms with Crippen LogP contribution in [0.15, 0.2) is 66.9 Å². The van der Waals surface area contributed by atoms with Crippen molar-refractivity contribution < 1.29 is 0 Å². The predicted molar refractivity (Wildman–Crippen MR) is 70.7 cm³/mol. The van der Waals surface area contributed by atoms with E-state index in [-0.39, 0.29) is 0 Å². The molecule has 0 aliphatic carbocycles. The number of aromatic nitrogens is 3. The molecule has 0 saturated heterocycles. The van der Waals surface area contributed by atoms with Gasteiger partial charge in [-0.25, -0.2) is 0 Å². The standard InChI is InChI=1S/C15H11N3/c1-3-7-12(8-4-1)14-11-16-18-17-15(14)13-9-5-2-6-10-13/h1-11H. The minimum absolute atomic E-state index is 0.858. The molecule has 0 saturated carbocycles. The van der Waals surface area contributed by atoms with Gasteiger partial charge in [-0.1, -0.05) is 60.7 Å². The van der Waals surface area contributed by atoms with Crippen LogP contribution < -0.4 is 0 Å². The number of nitrogens with zero attached hydrogens (tertiary/aromatic N) is 3. The van der Waals surface area contributed by atoms with E-state index in [4.69, 9.17) is 0 Å². The van der Waals surface area contributed by atoms with Crippen LogP contribution in [0.2, 0.25) is 0 Å². The fourth-order valence-corrected chi connectivity index (χ4v) is 1.91. The van der Waals surface area contributed by atoms with Crippen molar-refractivity contribution in [2.24, 2.45) is 0 Å². The summed E-state index contributed by atoms with van der Waals surface area (Å²) >= 11 is 0. The van der Waals surface area contributed by atoms with Crippen LogP contribution >= 0.6 is 0 Å². The Balaban J connectivity index is 2.18. The Morgan fingerprint density at radius 2 is 1.28 bits per heavy atom. The van der Waals surface area contributed by atoms with Crippen LogP contribution in [0.5, 0.6) is 0 Å². The largest absolute Gasteiger partial charge is 0.138 e. The van der Waals surface area contributed by atoms with Crippen LogP contribution in [-0.2, 0) is 0 Å². The smallest absolute Gasteiger partial charge is 0.104 e. The van der Waals surface area contributed by atoms with E-state index in [2.05, 4.69) is 15.4 Å². The summed E-state index contributed by atoms with van der Waals surface area (Å²) in [4.78, 5) is 0. The maximum Gasteiger partial charge on any atom is 0.104 e. The van der Waals surface area contributed by atoms with Crippen LogP contribution in [0.25, 0.3) is 22.4 Å². The molecule has 3 rings (SSSR count). The van der Waals surface area contributed by atoms with E-state index in [1.165, 1.54) is 0 Å². The maximum absolute atomic E-state index is 4.16. The number of hydrogen-bond donors (Lipinski definition) is 0. The summed E-state index contributed by atoms with van der Waals surface area (Å²) in [6, 6.07) is 20.1. The Morgan fingerprint density at radius 3 is 1.94 bits per heavy atom. The van der Waals surface area contributed by atoms with E-state index < -0.39 is 0 Å². The van der Waals surface area contributed by atoms with Crippen molar-refractivity contribution in [1.29, 1.82) is 0 Å². The van der Waals surface area contributed by atoms with Crippen LogP contribution in [0.4, 0.5) is 0 Å². The normalized spacial score (nSPS) is 10.2. The topological polar surface area (TPSA) is 38.7 Å². The van der Waals surface area contributed by atoms with Crippen LogP contribution in [0.3, 0.4) is 0 Å². The van der Waals surface area contributed by atoms with Crippen molar-refractivity contribution in [3.8, 4) is 22.4 Å². The van der Waals surface area contributed by atoms with Crippen LogP contribution in [-0.4, -0.2) is 15.4 Å². The van der Waals surface area contributed by atoms with Crippen molar-refractivity contribution >= 4 is 0 Å². The third-order valence-electron chi connectivity index (χ3n) is 2.77. The molecule has 1 aromatic heterocycles. The van der Waals surface area contributed by atoms with E-state index in [9.17, 15) is 0 Å². The lowest BCUT2D eigenvalue weighted by molar-refractivity contribution is 0.873. The third kappa shape index (κ3) is 1.98. The highest BCUT2D eigenvalue weighted by Crippen LogP contribution is 2.28. The molecule has 0 spiro atoms. The SMILES string of the molecule is c1ccc(-c2cnnnc2-c2ccccc2)cc1.